The average Bonchev–Trinajstić information content (AvgIpc) is 3.20. The smallest absolute Gasteiger partial charge is 0.191 e. The van der Waals surface area contributed by atoms with Crippen molar-refractivity contribution in [1.29, 1.82) is 0 Å². The summed E-state index contributed by atoms with van der Waals surface area (Å²) in [5.74, 6) is 2.85. The Balaban J connectivity index is 1.61. The van der Waals surface area contributed by atoms with Crippen LogP contribution < -0.4 is 15.5 Å². The number of aliphatic imine (C=N–C) groups is 1. The van der Waals surface area contributed by atoms with Gasteiger partial charge in [0.15, 0.2) is 5.96 Å². The first-order valence-corrected chi connectivity index (χ1v) is 9.68. The molecule has 1 aliphatic rings. The Hall–Kier alpha value is -2.54. The van der Waals surface area contributed by atoms with Gasteiger partial charge in [-0.15, -0.1) is 0 Å². The number of guanidine groups is 1. The molecule has 1 fully saturated rings. The van der Waals surface area contributed by atoms with E-state index in [9.17, 15) is 0 Å². The zero-order chi connectivity index (χ0) is 18.9. The van der Waals surface area contributed by atoms with E-state index >= 15 is 0 Å². The number of furan rings is 1. The summed E-state index contributed by atoms with van der Waals surface area (Å²) in [6, 6.07) is 8.01. The number of hydrogen-bond acceptors (Lipinski definition) is 5. The van der Waals surface area contributed by atoms with Gasteiger partial charge in [-0.05, 0) is 32.2 Å². The summed E-state index contributed by atoms with van der Waals surface area (Å²) in [6.45, 7) is 8.42. The quantitative estimate of drug-likeness (QED) is 0.571. The van der Waals surface area contributed by atoms with E-state index in [4.69, 9.17) is 9.41 Å². The lowest BCUT2D eigenvalue weighted by molar-refractivity contribution is 0.312. The predicted octanol–water partition coefficient (Wildman–Crippen LogP) is 1.72. The van der Waals surface area contributed by atoms with Gasteiger partial charge in [0.25, 0.3) is 0 Å². The van der Waals surface area contributed by atoms with E-state index in [1.807, 2.05) is 24.4 Å². The van der Waals surface area contributed by atoms with Crippen molar-refractivity contribution in [3.63, 3.8) is 0 Å². The van der Waals surface area contributed by atoms with Crippen LogP contribution in [-0.4, -0.2) is 62.2 Å². The van der Waals surface area contributed by atoms with Crippen molar-refractivity contribution >= 4 is 11.8 Å². The minimum atomic E-state index is 0.603. The monoisotopic (exact) mass is 370 g/mol. The summed E-state index contributed by atoms with van der Waals surface area (Å²) in [6.07, 6.45) is 4.40. The molecule has 3 rings (SSSR count). The van der Waals surface area contributed by atoms with Gasteiger partial charge in [-0.3, -0.25) is 0 Å². The molecule has 0 spiro atoms. The molecule has 1 aliphatic heterocycles. The predicted molar refractivity (Wildman–Crippen MR) is 109 cm³/mol. The third-order valence-electron chi connectivity index (χ3n) is 4.67. The number of hydrogen-bond donors (Lipinski definition) is 2. The maximum absolute atomic E-state index is 5.38. The van der Waals surface area contributed by atoms with Crippen LogP contribution in [0.4, 0.5) is 5.82 Å². The Bertz CT molecular complexity index is 707. The molecule has 0 amide bonds. The van der Waals surface area contributed by atoms with Crippen molar-refractivity contribution in [3.05, 3.63) is 48.0 Å². The Kier molecular flexibility index (Phi) is 7.10. The molecule has 2 aromatic rings. The van der Waals surface area contributed by atoms with Gasteiger partial charge >= 0.3 is 0 Å². The van der Waals surface area contributed by atoms with Crippen LogP contribution in [0.15, 0.2) is 46.1 Å². The van der Waals surface area contributed by atoms with E-state index < -0.39 is 0 Å². The Morgan fingerprint density at radius 2 is 2.04 bits per heavy atom. The van der Waals surface area contributed by atoms with Crippen LogP contribution in [0.1, 0.15) is 18.2 Å². The van der Waals surface area contributed by atoms with Gasteiger partial charge in [-0.1, -0.05) is 6.07 Å². The number of nitrogens with zero attached hydrogens (tertiary/aromatic N) is 4. The maximum atomic E-state index is 5.38. The van der Waals surface area contributed by atoms with Crippen molar-refractivity contribution in [2.75, 3.05) is 51.2 Å². The molecule has 0 bridgehead atoms. The minimum absolute atomic E-state index is 0.603. The fourth-order valence-corrected chi connectivity index (χ4v) is 3.12. The molecule has 2 aromatic heterocycles. The van der Waals surface area contributed by atoms with Gasteiger partial charge in [0, 0.05) is 57.4 Å². The standard InChI is InChI=1S/C20H30N6O/c1-3-21-20(23-10-8-18-7-5-15-27-18)24-16-17-6-4-9-22-19(17)26-13-11-25(2)12-14-26/h4-7,9,15H,3,8,10-14,16H2,1-2H3,(H2,21,23,24). The normalized spacial score (nSPS) is 15.8. The number of likely N-dealkylation sites (N-methyl/N-ethyl adjacent to an activating group) is 1. The molecule has 3 heterocycles. The van der Waals surface area contributed by atoms with Crippen LogP contribution in [-0.2, 0) is 13.0 Å². The van der Waals surface area contributed by atoms with E-state index in [1.54, 1.807) is 6.26 Å². The molecule has 7 nitrogen and oxygen atoms in total. The van der Waals surface area contributed by atoms with Crippen LogP contribution >= 0.6 is 0 Å². The fourth-order valence-electron chi connectivity index (χ4n) is 3.12. The van der Waals surface area contributed by atoms with Crippen molar-refractivity contribution < 1.29 is 4.42 Å². The van der Waals surface area contributed by atoms with Crippen LogP contribution in [0.25, 0.3) is 0 Å². The van der Waals surface area contributed by atoms with Gasteiger partial charge < -0.3 is 24.9 Å². The molecule has 0 atom stereocenters. The SMILES string of the molecule is CCNC(=NCc1cccnc1N1CCN(C)CC1)NCCc1ccco1. The maximum Gasteiger partial charge on any atom is 0.191 e. The number of nitrogens with one attached hydrogen (secondary N) is 2. The highest BCUT2D eigenvalue weighted by molar-refractivity contribution is 5.79. The minimum Gasteiger partial charge on any atom is -0.469 e. The van der Waals surface area contributed by atoms with Gasteiger partial charge in [0.05, 0.1) is 12.8 Å². The first-order valence-electron chi connectivity index (χ1n) is 9.68. The lowest BCUT2D eigenvalue weighted by Gasteiger charge is -2.34. The third kappa shape index (κ3) is 5.72. The Morgan fingerprint density at radius 3 is 2.78 bits per heavy atom. The van der Waals surface area contributed by atoms with Crippen molar-refractivity contribution in [3.8, 4) is 0 Å². The number of piperazine rings is 1. The molecular weight excluding hydrogens is 340 g/mol. The topological polar surface area (TPSA) is 68.9 Å². The molecule has 0 saturated carbocycles. The summed E-state index contributed by atoms with van der Waals surface area (Å²) < 4.78 is 5.38. The van der Waals surface area contributed by atoms with Crippen molar-refractivity contribution in [2.45, 2.75) is 19.9 Å². The summed E-state index contributed by atoms with van der Waals surface area (Å²) in [4.78, 5) is 14.1. The second kappa shape index (κ2) is 9.97. The molecule has 0 aliphatic carbocycles. The lowest BCUT2D eigenvalue weighted by Crippen LogP contribution is -2.45. The molecule has 146 valence electrons. The molecular formula is C20H30N6O. The Morgan fingerprint density at radius 1 is 1.19 bits per heavy atom. The van der Waals surface area contributed by atoms with Gasteiger partial charge in [0.2, 0.25) is 0 Å². The van der Waals surface area contributed by atoms with E-state index in [1.165, 1.54) is 0 Å². The van der Waals surface area contributed by atoms with Gasteiger partial charge in [-0.25, -0.2) is 9.98 Å². The fraction of sp³-hybridized carbons (Fsp3) is 0.500. The first-order chi connectivity index (χ1) is 13.3. The number of anilines is 1. The largest absolute Gasteiger partial charge is 0.469 e. The molecule has 27 heavy (non-hydrogen) atoms. The zero-order valence-electron chi connectivity index (χ0n) is 16.3. The second-order valence-corrected chi connectivity index (χ2v) is 6.73. The molecule has 7 heteroatoms. The first kappa shape index (κ1) is 19.2. The second-order valence-electron chi connectivity index (χ2n) is 6.73. The summed E-state index contributed by atoms with van der Waals surface area (Å²) in [7, 11) is 2.16. The van der Waals surface area contributed by atoms with E-state index in [0.29, 0.717) is 6.54 Å². The van der Waals surface area contributed by atoms with Gasteiger partial charge in [0.1, 0.15) is 11.6 Å². The van der Waals surface area contributed by atoms with E-state index in [0.717, 1.165) is 68.8 Å². The molecule has 0 unspecified atom stereocenters. The van der Waals surface area contributed by atoms with Crippen LogP contribution in [0.2, 0.25) is 0 Å². The summed E-state index contributed by atoms with van der Waals surface area (Å²) in [5, 5.41) is 6.68. The average molecular weight is 371 g/mol. The highest BCUT2D eigenvalue weighted by Gasteiger charge is 2.17. The number of pyridine rings is 1. The molecule has 0 aromatic carbocycles. The van der Waals surface area contributed by atoms with E-state index in [2.05, 4.69) is 45.5 Å². The number of rotatable bonds is 7. The van der Waals surface area contributed by atoms with Crippen molar-refractivity contribution in [1.82, 2.24) is 20.5 Å². The zero-order valence-corrected chi connectivity index (χ0v) is 16.3. The van der Waals surface area contributed by atoms with Gasteiger partial charge in [-0.2, -0.15) is 0 Å². The molecule has 2 N–H and O–H groups in total. The highest BCUT2D eigenvalue weighted by Crippen LogP contribution is 2.19. The summed E-state index contributed by atoms with van der Waals surface area (Å²) in [5.41, 5.74) is 1.16. The van der Waals surface area contributed by atoms with Crippen LogP contribution in [0.3, 0.4) is 0 Å². The Labute approximate surface area is 161 Å². The highest BCUT2D eigenvalue weighted by atomic mass is 16.3. The van der Waals surface area contributed by atoms with Crippen molar-refractivity contribution in [2.24, 2.45) is 4.99 Å². The number of aromatic nitrogens is 1. The van der Waals surface area contributed by atoms with Crippen LogP contribution in [0, 0.1) is 0 Å². The molecule has 1 saturated heterocycles. The van der Waals surface area contributed by atoms with E-state index in [-0.39, 0.29) is 0 Å². The van der Waals surface area contributed by atoms with Crippen LogP contribution in [0.5, 0.6) is 0 Å². The molecule has 0 radical (unpaired) electrons. The summed E-state index contributed by atoms with van der Waals surface area (Å²) >= 11 is 0. The lowest BCUT2D eigenvalue weighted by atomic mass is 10.2. The third-order valence-corrected chi connectivity index (χ3v) is 4.67.